The molecule has 0 spiro atoms. The first-order valence-corrected chi connectivity index (χ1v) is 12.0. The van der Waals surface area contributed by atoms with Gasteiger partial charge >= 0.3 is 0 Å². The number of nitrogens with one attached hydrogen (secondary N) is 1. The van der Waals surface area contributed by atoms with Crippen molar-refractivity contribution in [1.82, 2.24) is 10.3 Å². The molecule has 1 amide bonds. The molecule has 1 aromatic carbocycles. The fraction of sp³-hybridized carbons (Fsp3) is 0.455. The molecule has 0 radical (unpaired) electrons. The van der Waals surface area contributed by atoms with Crippen molar-refractivity contribution in [2.75, 3.05) is 24.7 Å². The Hall–Kier alpha value is -2.32. The lowest BCUT2D eigenvalue weighted by atomic mass is 9.74. The Balaban J connectivity index is 1.55. The molecule has 2 aromatic rings. The maximum absolute atomic E-state index is 15.0. The van der Waals surface area contributed by atoms with Gasteiger partial charge in [-0.2, -0.15) is 0 Å². The van der Waals surface area contributed by atoms with Crippen LogP contribution in [-0.4, -0.2) is 50.1 Å². The third-order valence-corrected chi connectivity index (χ3v) is 7.86. The molecule has 1 unspecified atom stereocenters. The lowest BCUT2D eigenvalue weighted by molar-refractivity contribution is -0.137. The van der Waals surface area contributed by atoms with E-state index in [0.717, 1.165) is 11.1 Å². The second-order valence-corrected chi connectivity index (χ2v) is 10.4. The Kier molecular flexibility index (Phi) is 5.88. The van der Waals surface area contributed by atoms with Crippen LogP contribution in [0.2, 0.25) is 0 Å². The van der Waals surface area contributed by atoms with Crippen LogP contribution in [0.1, 0.15) is 24.8 Å². The molecule has 30 heavy (non-hydrogen) atoms. The van der Waals surface area contributed by atoms with E-state index in [1.165, 1.54) is 6.07 Å². The Morgan fingerprint density at radius 2 is 1.90 bits per heavy atom. The third kappa shape index (κ3) is 4.54. The zero-order valence-corrected chi connectivity index (χ0v) is 17.5. The lowest BCUT2D eigenvalue weighted by Gasteiger charge is -2.36. The fourth-order valence-electron chi connectivity index (χ4n) is 4.27. The number of amides is 1. The smallest absolute Gasteiger partial charge is 0.226 e. The van der Waals surface area contributed by atoms with Crippen molar-refractivity contribution in [3.63, 3.8) is 0 Å². The largest absolute Gasteiger partial charge is 0.381 e. The molecule has 4 rings (SSSR count). The standard InChI is InChI=1S/C22H25FN2O4S/c23-20-13-17(16-3-8-24-9-4-16)1-2-18(20)14-22(6-10-29-11-7-22)21(26)25-19-5-12-30(27,28)15-19/h1-4,8-9,13,19H,5-7,10-12,14-15H2,(H,25,26). The van der Waals surface area contributed by atoms with E-state index in [1.54, 1.807) is 18.5 Å². The molecule has 2 aliphatic heterocycles. The van der Waals surface area contributed by atoms with Crippen molar-refractivity contribution in [1.29, 1.82) is 0 Å². The number of halogens is 1. The SMILES string of the molecule is O=C(NC1CCS(=O)(=O)C1)C1(Cc2ccc(-c3ccncc3)cc2F)CCOCC1. The van der Waals surface area contributed by atoms with Crippen LogP contribution in [0.15, 0.2) is 42.7 Å². The van der Waals surface area contributed by atoms with Gasteiger partial charge in [-0.1, -0.05) is 12.1 Å². The minimum Gasteiger partial charge on any atom is -0.381 e. The van der Waals surface area contributed by atoms with E-state index in [-0.39, 0.29) is 35.7 Å². The predicted octanol–water partition coefficient (Wildman–Crippen LogP) is 2.53. The molecule has 1 N–H and O–H groups in total. The monoisotopic (exact) mass is 432 g/mol. The summed E-state index contributed by atoms with van der Waals surface area (Å²) >= 11 is 0. The van der Waals surface area contributed by atoms with Crippen LogP contribution in [0.4, 0.5) is 4.39 Å². The van der Waals surface area contributed by atoms with Gasteiger partial charge in [-0.3, -0.25) is 9.78 Å². The number of hydrogen-bond donors (Lipinski definition) is 1. The number of pyridine rings is 1. The zero-order valence-electron chi connectivity index (χ0n) is 16.6. The number of nitrogens with zero attached hydrogens (tertiary/aromatic N) is 1. The van der Waals surface area contributed by atoms with Crippen LogP contribution >= 0.6 is 0 Å². The number of carbonyl (C=O) groups excluding carboxylic acids is 1. The van der Waals surface area contributed by atoms with E-state index < -0.39 is 15.3 Å². The molecule has 0 bridgehead atoms. The Bertz CT molecular complexity index is 1020. The molecule has 2 aliphatic rings. The van der Waals surface area contributed by atoms with E-state index in [0.29, 0.717) is 38.0 Å². The summed E-state index contributed by atoms with van der Waals surface area (Å²) in [7, 11) is -3.09. The molecule has 1 atom stereocenters. The summed E-state index contributed by atoms with van der Waals surface area (Å²) in [4.78, 5) is 17.2. The van der Waals surface area contributed by atoms with Crippen molar-refractivity contribution < 1.29 is 22.3 Å². The molecule has 2 saturated heterocycles. The average molecular weight is 433 g/mol. The first-order chi connectivity index (χ1) is 14.4. The van der Waals surface area contributed by atoms with Gasteiger partial charge in [0.05, 0.1) is 16.9 Å². The number of rotatable bonds is 5. The number of hydrogen-bond acceptors (Lipinski definition) is 5. The topological polar surface area (TPSA) is 85.4 Å². The van der Waals surface area contributed by atoms with Crippen molar-refractivity contribution in [2.24, 2.45) is 5.41 Å². The van der Waals surface area contributed by atoms with Gasteiger partial charge in [0.25, 0.3) is 0 Å². The van der Waals surface area contributed by atoms with Crippen LogP contribution in [-0.2, 0) is 25.8 Å². The number of aromatic nitrogens is 1. The van der Waals surface area contributed by atoms with Gasteiger partial charge < -0.3 is 10.1 Å². The summed E-state index contributed by atoms with van der Waals surface area (Å²) in [6.45, 7) is 0.847. The van der Waals surface area contributed by atoms with Gasteiger partial charge in [-0.15, -0.1) is 0 Å². The number of sulfone groups is 1. The van der Waals surface area contributed by atoms with E-state index in [2.05, 4.69) is 10.3 Å². The zero-order chi connectivity index (χ0) is 21.2. The molecule has 1 aromatic heterocycles. The van der Waals surface area contributed by atoms with Crippen LogP contribution in [0.25, 0.3) is 11.1 Å². The Labute approximate surface area is 175 Å². The maximum Gasteiger partial charge on any atom is 0.226 e. The normalized spacial score (nSPS) is 22.5. The van der Waals surface area contributed by atoms with Gasteiger partial charge in [-0.05, 0) is 60.6 Å². The van der Waals surface area contributed by atoms with Crippen LogP contribution in [0.5, 0.6) is 0 Å². The first kappa shape index (κ1) is 20.9. The van der Waals surface area contributed by atoms with Crippen molar-refractivity contribution in [3.8, 4) is 11.1 Å². The highest BCUT2D eigenvalue weighted by atomic mass is 32.2. The highest BCUT2D eigenvalue weighted by molar-refractivity contribution is 7.91. The maximum atomic E-state index is 15.0. The number of ether oxygens (including phenoxy) is 1. The average Bonchev–Trinajstić information content (AvgIpc) is 3.09. The van der Waals surface area contributed by atoms with Gasteiger partial charge in [-0.25, -0.2) is 12.8 Å². The molecular formula is C22H25FN2O4S. The van der Waals surface area contributed by atoms with Gasteiger partial charge in [0.1, 0.15) is 5.82 Å². The summed E-state index contributed by atoms with van der Waals surface area (Å²) < 4.78 is 43.9. The van der Waals surface area contributed by atoms with E-state index in [4.69, 9.17) is 4.74 Å². The van der Waals surface area contributed by atoms with Crippen LogP contribution in [0.3, 0.4) is 0 Å². The molecule has 8 heteroatoms. The van der Waals surface area contributed by atoms with Gasteiger partial charge in [0, 0.05) is 31.6 Å². The summed E-state index contributed by atoms with van der Waals surface area (Å²) in [6, 6.07) is 8.33. The molecular weight excluding hydrogens is 407 g/mol. The van der Waals surface area contributed by atoms with Crippen molar-refractivity contribution in [2.45, 2.75) is 31.7 Å². The van der Waals surface area contributed by atoms with Crippen molar-refractivity contribution in [3.05, 3.63) is 54.1 Å². The summed E-state index contributed by atoms with van der Waals surface area (Å²) in [6.07, 6.45) is 4.95. The molecule has 0 aliphatic carbocycles. The highest BCUT2D eigenvalue weighted by Crippen LogP contribution is 2.36. The van der Waals surface area contributed by atoms with Crippen LogP contribution in [0, 0.1) is 11.2 Å². The number of benzene rings is 1. The molecule has 6 nitrogen and oxygen atoms in total. The summed E-state index contributed by atoms with van der Waals surface area (Å²) in [5, 5.41) is 2.92. The predicted molar refractivity (Wildman–Crippen MR) is 111 cm³/mol. The summed E-state index contributed by atoms with van der Waals surface area (Å²) in [5.41, 5.74) is 1.30. The third-order valence-electron chi connectivity index (χ3n) is 6.09. The summed E-state index contributed by atoms with van der Waals surface area (Å²) in [5.74, 6) is -0.489. The first-order valence-electron chi connectivity index (χ1n) is 10.1. The Morgan fingerprint density at radius 1 is 1.17 bits per heavy atom. The van der Waals surface area contributed by atoms with E-state index in [9.17, 15) is 17.6 Å². The Morgan fingerprint density at radius 3 is 2.53 bits per heavy atom. The fourth-order valence-corrected chi connectivity index (χ4v) is 5.95. The number of carbonyl (C=O) groups is 1. The lowest BCUT2D eigenvalue weighted by Crippen LogP contribution is -2.49. The molecule has 160 valence electrons. The molecule has 2 fully saturated rings. The van der Waals surface area contributed by atoms with Gasteiger partial charge in [0.2, 0.25) is 5.91 Å². The minimum absolute atomic E-state index is 0.0275. The molecule has 3 heterocycles. The molecule has 0 saturated carbocycles. The second-order valence-electron chi connectivity index (χ2n) is 8.18. The quantitative estimate of drug-likeness (QED) is 0.785. The van der Waals surface area contributed by atoms with Gasteiger partial charge in [0.15, 0.2) is 9.84 Å². The second kappa shape index (κ2) is 8.43. The van der Waals surface area contributed by atoms with E-state index in [1.807, 2.05) is 18.2 Å². The highest BCUT2D eigenvalue weighted by Gasteiger charge is 2.42. The van der Waals surface area contributed by atoms with E-state index >= 15 is 0 Å². The van der Waals surface area contributed by atoms with Crippen LogP contribution < -0.4 is 5.32 Å². The van der Waals surface area contributed by atoms with Crippen molar-refractivity contribution >= 4 is 15.7 Å². The minimum atomic E-state index is -3.09.